The van der Waals surface area contributed by atoms with Crippen molar-refractivity contribution >= 4 is 15.7 Å². The van der Waals surface area contributed by atoms with E-state index in [1.807, 2.05) is 6.92 Å². The number of hydrogen-bond donors (Lipinski definition) is 1. The quantitative estimate of drug-likeness (QED) is 0.782. The first-order chi connectivity index (χ1) is 7.99. The molecule has 1 N–H and O–H groups in total. The number of para-hydroxylation sites is 1. The zero-order valence-electron chi connectivity index (χ0n) is 9.98. The first-order valence-corrected chi connectivity index (χ1v) is 7.02. The Morgan fingerprint density at radius 1 is 1.35 bits per heavy atom. The van der Waals surface area contributed by atoms with E-state index in [0.29, 0.717) is 13.1 Å². The highest BCUT2D eigenvalue weighted by atomic mass is 32.2. The number of benzene rings is 1. The van der Waals surface area contributed by atoms with Crippen LogP contribution in [0.2, 0.25) is 0 Å². The highest BCUT2D eigenvalue weighted by Gasteiger charge is 2.20. The molecular weight excluding hydrogens is 243 g/mol. The zero-order chi connectivity index (χ0) is 12.9. The summed E-state index contributed by atoms with van der Waals surface area (Å²) in [4.78, 5) is 0. The minimum Gasteiger partial charge on any atom is -0.316 e. The molecule has 0 fully saturated rings. The van der Waals surface area contributed by atoms with Gasteiger partial charge in [-0.2, -0.15) is 0 Å². The highest BCUT2D eigenvalue weighted by molar-refractivity contribution is 7.92. The lowest BCUT2D eigenvalue weighted by Gasteiger charge is -2.19. The van der Waals surface area contributed by atoms with Crippen molar-refractivity contribution in [3.63, 3.8) is 0 Å². The SMILES string of the molecule is CCNCCS(=O)(=O)N(C)c1ccccc1F. The molecule has 0 heterocycles. The molecule has 0 saturated heterocycles. The first-order valence-electron chi connectivity index (χ1n) is 5.41. The molecule has 1 aromatic rings. The van der Waals surface area contributed by atoms with Gasteiger partial charge in [0.05, 0.1) is 11.4 Å². The van der Waals surface area contributed by atoms with Crippen molar-refractivity contribution in [2.24, 2.45) is 0 Å². The van der Waals surface area contributed by atoms with Gasteiger partial charge in [0.25, 0.3) is 0 Å². The van der Waals surface area contributed by atoms with Crippen LogP contribution in [0.1, 0.15) is 6.92 Å². The van der Waals surface area contributed by atoms with Crippen LogP contribution in [0, 0.1) is 5.82 Å². The molecule has 0 bridgehead atoms. The van der Waals surface area contributed by atoms with Crippen molar-refractivity contribution in [3.8, 4) is 0 Å². The summed E-state index contributed by atoms with van der Waals surface area (Å²) in [6, 6.07) is 5.82. The second kappa shape index (κ2) is 5.97. The molecule has 0 radical (unpaired) electrons. The second-order valence-electron chi connectivity index (χ2n) is 3.59. The van der Waals surface area contributed by atoms with Crippen LogP contribution >= 0.6 is 0 Å². The van der Waals surface area contributed by atoms with Crippen LogP contribution in [0.4, 0.5) is 10.1 Å². The molecule has 0 aliphatic heterocycles. The van der Waals surface area contributed by atoms with Crippen LogP contribution in [0.25, 0.3) is 0 Å². The van der Waals surface area contributed by atoms with Crippen molar-refractivity contribution in [1.29, 1.82) is 0 Å². The molecule has 0 aliphatic rings. The van der Waals surface area contributed by atoms with Crippen molar-refractivity contribution in [1.82, 2.24) is 5.32 Å². The van der Waals surface area contributed by atoms with E-state index < -0.39 is 15.8 Å². The van der Waals surface area contributed by atoms with Crippen molar-refractivity contribution in [2.45, 2.75) is 6.92 Å². The van der Waals surface area contributed by atoms with Gasteiger partial charge in [0, 0.05) is 13.6 Å². The van der Waals surface area contributed by atoms with Gasteiger partial charge in [0.2, 0.25) is 10.0 Å². The Bertz CT molecular complexity index is 462. The lowest BCUT2D eigenvalue weighted by molar-refractivity contribution is 0.586. The maximum atomic E-state index is 13.4. The summed E-state index contributed by atoms with van der Waals surface area (Å²) < 4.78 is 38.2. The third-order valence-electron chi connectivity index (χ3n) is 2.40. The largest absolute Gasteiger partial charge is 0.316 e. The fraction of sp³-hybridized carbons (Fsp3) is 0.455. The van der Waals surface area contributed by atoms with Crippen molar-refractivity contribution in [2.75, 3.05) is 30.2 Å². The van der Waals surface area contributed by atoms with E-state index in [-0.39, 0.29) is 11.4 Å². The molecule has 1 rings (SSSR count). The molecule has 0 aromatic heterocycles. The molecule has 0 atom stereocenters. The summed E-state index contributed by atoms with van der Waals surface area (Å²) in [5.74, 6) is -0.590. The zero-order valence-corrected chi connectivity index (χ0v) is 10.8. The third-order valence-corrected chi connectivity index (χ3v) is 4.15. The average Bonchev–Trinajstić information content (AvgIpc) is 2.29. The summed E-state index contributed by atoms with van der Waals surface area (Å²) in [7, 11) is -2.12. The van der Waals surface area contributed by atoms with Crippen LogP contribution in [0.5, 0.6) is 0 Å². The fourth-order valence-corrected chi connectivity index (χ4v) is 2.50. The summed E-state index contributed by atoms with van der Waals surface area (Å²) in [5.41, 5.74) is 0.0731. The molecule has 0 unspecified atom stereocenters. The smallest absolute Gasteiger partial charge is 0.236 e. The molecule has 0 spiro atoms. The van der Waals surface area contributed by atoms with Gasteiger partial charge in [0.1, 0.15) is 5.82 Å². The summed E-state index contributed by atoms with van der Waals surface area (Å²) in [6.07, 6.45) is 0. The molecule has 17 heavy (non-hydrogen) atoms. The Labute approximate surface area is 101 Å². The normalized spacial score (nSPS) is 11.5. The van der Waals surface area contributed by atoms with Gasteiger partial charge in [0.15, 0.2) is 0 Å². The predicted molar refractivity (Wildman–Crippen MR) is 67.1 cm³/mol. The van der Waals surface area contributed by atoms with E-state index in [0.717, 1.165) is 4.31 Å². The van der Waals surface area contributed by atoms with E-state index in [1.165, 1.54) is 25.2 Å². The van der Waals surface area contributed by atoms with Gasteiger partial charge in [-0.3, -0.25) is 4.31 Å². The number of hydrogen-bond acceptors (Lipinski definition) is 3. The van der Waals surface area contributed by atoms with Gasteiger partial charge in [-0.05, 0) is 18.7 Å². The van der Waals surface area contributed by atoms with Gasteiger partial charge < -0.3 is 5.32 Å². The number of halogens is 1. The number of nitrogens with zero attached hydrogens (tertiary/aromatic N) is 1. The van der Waals surface area contributed by atoms with Crippen LogP contribution < -0.4 is 9.62 Å². The average molecular weight is 260 g/mol. The Morgan fingerprint density at radius 3 is 2.59 bits per heavy atom. The first kappa shape index (κ1) is 13.9. The predicted octanol–water partition coefficient (Wildman–Crippen LogP) is 1.20. The summed E-state index contributed by atoms with van der Waals surface area (Å²) in [5, 5.41) is 2.93. The van der Waals surface area contributed by atoms with Gasteiger partial charge >= 0.3 is 0 Å². The molecule has 0 amide bonds. The Balaban J connectivity index is 2.82. The standard InChI is InChI=1S/C11H17FN2O2S/c1-3-13-8-9-17(15,16)14(2)11-7-5-4-6-10(11)12/h4-7,13H,3,8-9H2,1-2H3. The molecule has 4 nitrogen and oxygen atoms in total. The molecule has 96 valence electrons. The number of sulfonamides is 1. The molecular formula is C11H17FN2O2S. The van der Waals surface area contributed by atoms with E-state index in [1.54, 1.807) is 6.07 Å². The Morgan fingerprint density at radius 2 is 2.00 bits per heavy atom. The van der Waals surface area contributed by atoms with Crippen molar-refractivity contribution in [3.05, 3.63) is 30.1 Å². The molecule has 0 saturated carbocycles. The van der Waals surface area contributed by atoms with Gasteiger partial charge in [-0.1, -0.05) is 19.1 Å². The topological polar surface area (TPSA) is 49.4 Å². The van der Waals surface area contributed by atoms with Crippen LogP contribution in [0.3, 0.4) is 0 Å². The molecule has 6 heteroatoms. The number of anilines is 1. The minimum absolute atomic E-state index is 0.0499. The van der Waals surface area contributed by atoms with E-state index >= 15 is 0 Å². The number of rotatable bonds is 6. The van der Waals surface area contributed by atoms with E-state index in [2.05, 4.69) is 5.32 Å². The minimum atomic E-state index is -3.48. The maximum absolute atomic E-state index is 13.4. The lowest BCUT2D eigenvalue weighted by atomic mass is 10.3. The van der Waals surface area contributed by atoms with E-state index in [4.69, 9.17) is 0 Å². The van der Waals surface area contributed by atoms with Crippen LogP contribution in [-0.4, -0.2) is 34.3 Å². The number of nitrogens with one attached hydrogen (secondary N) is 1. The van der Waals surface area contributed by atoms with Crippen LogP contribution in [0.15, 0.2) is 24.3 Å². The monoisotopic (exact) mass is 260 g/mol. The van der Waals surface area contributed by atoms with Gasteiger partial charge in [-0.15, -0.1) is 0 Å². The maximum Gasteiger partial charge on any atom is 0.236 e. The Hall–Kier alpha value is -1.14. The summed E-state index contributed by atoms with van der Waals surface area (Å²) >= 11 is 0. The molecule has 0 aliphatic carbocycles. The van der Waals surface area contributed by atoms with Crippen LogP contribution in [-0.2, 0) is 10.0 Å². The third kappa shape index (κ3) is 3.67. The fourth-order valence-electron chi connectivity index (χ4n) is 1.37. The van der Waals surface area contributed by atoms with E-state index in [9.17, 15) is 12.8 Å². The second-order valence-corrected chi connectivity index (χ2v) is 5.71. The highest BCUT2D eigenvalue weighted by Crippen LogP contribution is 2.19. The van der Waals surface area contributed by atoms with Crippen molar-refractivity contribution < 1.29 is 12.8 Å². The Kier molecular flexibility index (Phi) is 4.89. The molecule has 1 aromatic carbocycles. The van der Waals surface area contributed by atoms with Gasteiger partial charge in [-0.25, -0.2) is 12.8 Å². The lowest BCUT2D eigenvalue weighted by Crippen LogP contribution is -2.34. The summed E-state index contributed by atoms with van der Waals surface area (Å²) in [6.45, 7) is 2.96.